The summed E-state index contributed by atoms with van der Waals surface area (Å²) in [6.07, 6.45) is 3.87. The van der Waals surface area contributed by atoms with Crippen LogP contribution in [-0.4, -0.2) is 38.8 Å². The molecule has 1 unspecified atom stereocenters. The third kappa shape index (κ3) is 8.06. The first-order valence-electron chi connectivity index (χ1n) is 14.2. The minimum atomic E-state index is -2.72. The van der Waals surface area contributed by atoms with Crippen LogP contribution in [0, 0.1) is 35.5 Å². The topological polar surface area (TPSA) is 68.1 Å². The van der Waals surface area contributed by atoms with Crippen molar-refractivity contribution in [1.82, 2.24) is 0 Å². The maximum atomic E-state index is 11.9. The Bertz CT molecular complexity index is 1100. The summed E-state index contributed by atoms with van der Waals surface area (Å²) in [6.45, 7) is 11.6. The second-order valence-electron chi connectivity index (χ2n) is 12.2. The van der Waals surface area contributed by atoms with Crippen LogP contribution in [0.15, 0.2) is 65.8 Å². The van der Waals surface area contributed by atoms with Gasteiger partial charge < -0.3 is 14.4 Å². The van der Waals surface area contributed by atoms with Gasteiger partial charge in [0.2, 0.25) is 0 Å². The third-order valence-corrected chi connectivity index (χ3v) is 12.7. The molecule has 3 rings (SSSR count). The van der Waals surface area contributed by atoms with Gasteiger partial charge >= 0.3 is 5.97 Å². The molecule has 1 aliphatic rings. The van der Waals surface area contributed by atoms with E-state index in [4.69, 9.17) is 9.26 Å². The SMILES string of the molecule is CO/N=C(\C#CC1CC(CC(C)C)C1)C(CCO[Si](c1ccccc1)(c1ccccc1)C(C)(C)C)CC(=O)O. The molecule has 5 nitrogen and oxygen atoms in total. The molecule has 39 heavy (non-hydrogen) atoms. The molecule has 0 aliphatic heterocycles. The lowest BCUT2D eigenvalue weighted by molar-refractivity contribution is -0.137. The molecule has 1 saturated carbocycles. The van der Waals surface area contributed by atoms with Gasteiger partial charge in [0.1, 0.15) is 12.8 Å². The first-order chi connectivity index (χ1) is 18.6. The molecule has 0 heterocycles. The molecular weight excluding hydrogens is 502 g/mol. The van der Waals surface area contributed by atoms with Crippen LogP contribution >= 0.6 is 0 Å². The number of benzene rings is 2. The van der Waals surface area contributed by atoms with E-state index in [1.54, 1.807) is 0 Å². The summed E-state index contributed by atoms with van der Waals surface area (Å²) in [4.78, 5) is 17.0. The van der Waals surface area contributed by atoms with E-state index in [0.717, 1.165) is 18.8 Å². The van der Waals surface area contributed by atoms with Gasteiger partial charge in [0.15, 0.2) is 0 Å². The maximum absolute atomic E-state index is 11.9. The predicted molar refractivity (Wildman–Crippen MR) is 162 cm³/mol. The van der Waals surface area contributed by atoms with Crippen molar-refractivity contribution >= 4 is 30.4 Å². The van der Waals surface area contributed by atoms with E-state index in [0.29, 0.717) is 30.6 Å². The molecular formula is C33H45NO4Si. The van der Waals surface area contributed by atoms with Crippen LogP contribution in [0.2, 0.25) is 5.04 Å². The van der Waals surface area contributed by atoms with Crippen LogP contribution < -0.4 is 10.4 Å². The minimum Gasteiger partial charge on any atom is -0.481 e. The number of nitrogens with zero attached hydrogens (tertiary/aromatic N) is 1. The highest BCUT2D eigenvalue weighted by atomic mass is 28.4. The van der Waals surface area contributed by atoms with Crippen LogP contribution in [0.3, 0.4) is 0 Å². The Balaban J connectivity index is 1.84. The zero-order valence-corrected chi connectivity index (χ0v) is 25.4. The molecule has 210 valence electrons. The van der Waals surface area contributed by atoms with Gasteiger partial charge in [-0.05, 0) is 58.9 Å². The average Bonchev–Trinajstić information content (AvgIpc) is 2.86. The largest absolute Gasteiger partial charge is 0.481 e. The zero-order valence-electron chi connectivity index (χ0n) is 24.4. The van der Waals surface area contributed by atoms with Crippen molar-refractivity contribution in [3.63, 3.8) is 0 Å². The first-order valence-corrected chi connectivity index (χ1v) is 16.1. The second-order valence-corrected chi connectivity index (χ2v) is 16.5. The van der Waals surface area contributed by atoms with E-state index in [1.165, 1.54) is 23.9 Å². The van der Waals surface area contributed by atoms with Gasteiger partial charge in [-0.2, -0.15) is 0 Å². The van der Waals surface area contributed by atoms with Gasteiger partial charge in [0.25, 0.3) is 8.32 Å². The molecule has 1 aliphatic carbocycles. The Hall–Kier alpha value is -2.88. The van der Waals surface area contributed by atoms with E-state index in [1.807, 2.05) is 12.1 Å². The number of rotatable bonds is 12. The highest BCUT2D eigenvalue weighted by Crippen LogP contribution is 2.38. The van der Waals surface area contributed by atoms with E-state index < -0.39 is 14.3 Å². The lowest BCUT2D eigenvalue weighted by Crippen LogP contribution is -2.66. The van der Waals surface area contributed by atoms with E-state index in [2.05, 4.69) is 100 Å². The van der Waals surface area contributed by atoms with Gasteiger partial charge in [-0.3, -0.25) is 4.79 Å². The van der Waals surface area contributed by atoms with Crippen molar-refractivity contribution in [3.8, 4) is 11.8 Å². The second kappa shape index (κ2) is 14.0. The molecule has 2 aromatic rings. The highest BCUT2D eigenvalue weighted by molar-refractivity contribution is 6.99. The first kappa shape index (κ1) is 30.7. The smallest absolute Gasteiger partial charge is 0.304 e. The van der Waals surface area contributed by atoms with Crippen molar-refractivity contribution in [1.29, 1.82) is 0 Å². The Morgan fingerprint density at radius 2 is 1.62 bits per heavy atom. The summed E-state index contributed by atoms with van der Waals surface area (Å²) in [7, 11) is -1.23. The average molecular weight is 548 g/mol. The summed E-state index contributed by atoms with van der Waals surface area (Å²) in [5.41, 5.74) is 0.498. The van der Waals surface area contributed by atoms with Crippen molar-refractivity contribution in [2.75, 3.05) is 13.7 Å². The molecule has 0 aromatic heterocycles. The van der Waals surface area contributed by atoms with Crippen molar-refractivity contribution in [2.24, 2.45) is 28.8 Å². The predicted octanol–water partition coefficient (Wildman–Crippen LogP) is 6.12. The summed E-state index contributed by atoms with van der Waals surface area (Å²) < 4.78 is 7.02. The van der Waals surface area contributed by atoms with E-state index in [-0.39, 0.29) is 17.4 Å². The number of hydrogen-bond donors (Lipinski definition) is 1. The van der Waals surface area contributed by atoms with Crippen molar-refractivity contribution < 1.29 is 19.2 Å². The minimum absolute atomic E-state index is 0.0678. The Kier molecular flexibility index (Phi) is 11.0. The quantitative estimate of drug-likeness (QED) is 0.150. The molecule has 0 spiro atoms. The number of hydrogen-bond acceptors (Lipinski definition) is 4. The summed E-state index contributed by atoms with van der Waals surface area (Å²) >= 11 is 0. The number of carboxylic acid groups (broad SMARTS) is 1. The lowest BCUT2D eigenvalue weighted by atomic mass is 9.72. The summed E-state index contributed by atoms with van der Waals surface area (Å²) in [5.74, 6) is 7.08. The number of oxime groups is 1. The van der Waals surface area contributed by atoms with Crippen LogP contribution in [0.4, 0.5) is 0 Å². The van der Waals surface area contributed by atoms with Crippen LogP contribution in [0.5, 0.6) is 0 Å². The standard InChI is InChI=1S/C33H45NO4Si/c1-25(2)21-27-22-26(23-27)17-18-31(34-37-6)28(24-32(35)36)19-20-38-39(33(3,4)5,29-13-9-7-10-14-29)30-15-11-8-12-16-30/h7-16,25-28H,19-24H2,1-6H3,(H,35,36)/b34-31+. The summed E-state index contributed by atoms with van der Waals surface area (Å²) in [5, 5.41) is 16.2. The maximum Gasteiger partial charge on any atom is 0.304 e. The Morgan fingerprint density at radius 1 is 1.05 bits per heavy atom. The fourth-order valence-electron chi connectivity index (χ4n) is 5.85. The molecule has 2 aromatic carbocycles. The Morgan fingerprint density at radius 3 is 2.08 bits per heavy atom. The van der Waals surface area contributed by atoms with Gasteiger partial charge in [0.05, 0.1) is 6.42 Å². The van der Waals surface area contributed by atoms with Gasteiger partial charge in [-0.15, -0.1) is 0 Å². The lowest BCUT2D eigenvalue weighted by Gasteiger charge is -2.43. The van der Waals surface area contributed by atoms with E-state index >= 15 is 0 Å². The fraction of sp³-hybridized carbons (Fsp3) is 0.515. The van der Waals surface area contributed by atoms with Gasteiger partial charge in [-0.1, -0.05) is 106 Å². The third-order valence-electron chi connectivity index (χ3n) is 7.64. The number of carbonyl (C=O) groups is 1. The normalized spacial score (nSPS) is 18.6. The van der Waals surface area contributed by atoms with Crippen LogP contribution in [0.25, 0.3) is 0 Å². The van der Waals surface area contributed by atoms with Crippen molar-refractivity contribution in [2.45, 2.75) is 71.8 Å². The monoisotopic (exact) mass is 547 g/mol. The molecule has 0 bridgehead atoms. The number of aliphatic carboxylic acids is 1. The molecule has 0 saturated heterocycles. The molecule has 1 fully saturated rings. The molecule has 0 amide bonds. The van der Waals surface area contributed by atoms with Gasteiger partial charge in [0, 0.05) is 18.4 Å². The van der Waals surface area contributed by atoms with Gasteiger partial charge in [-0.25, -0.2) is 0 Å². The molecule has 6 heteroatoms. The Labute approximate surface area is 236 Å². The summed E-state index contributed by atoms with van der Waals surface area (Å²) in [6, 6.07) is 20.9. The van der Waals surface area contributed by atoms with Crippen LogP contribution in [-0.2, 0) is 14.1 Å². The van der Waals surface area contributed by atoms with Crippen LogP contribution in [0.1, 0.15) is 66.7 Å². The van der Waals surface area contributed by atoms with E-state index in [9.17, 15) is 9.90 Å². The molecule has 1 N–H and O–H groups in total. The fourth-order valence-corrected chi connectivity index (χ4v) is 10.4. The van der Waals surface area contributed by atoms with Crippen molar-refractivity contribution in [3.05, 3.63) is 60.7 Å². The molecule has 0 radical (unpaired) electrons. The highest BCUT2D eigenvalue weighted by Gasteiger charge is 2.50. The number of carboxylic acids is 1. The molecule has 1 atom stereocenters. The zero-order chi connectivity index (χ0) is 28.5.